The molecule has 7 nitrogen and oxygen atoms in total. The van der Waals surface area contributed by atoms with Gasteiger partial charge in [0.1, 0.15) is 24.8 Å². The van der Waals surface area contributed by atoms with Gasteiger partial charge in [-0.2, -0.15) is 4.99 Å². The number of benzene rings is 3. The number of rotatable bonds is 8. The molecule has 5 rings (SSSR count). The lowest BCUT2D eigenvalue weighted by atomic mass is 10.1. The summed E-state index contributed by atoms with van der Waals surface area (Å²) < 4.78 is 17.4. The summed E-state index contributed by atoms with van der Waals surface area (Å²) in [6, 6.07) is 21.2. The Kier molecular flexibility index (Phi) is 7.33. The summed E-state index contributed by atoms with van der Waals surface area (Å²) in [4.78, 5) is 18.8. The van der Waals surface area contributed by atoms with Gasteiger partial charge in [-0.15, -0.1) is 0 Å². The lowest BCUT2D eigenvalue weighted by Crippen LogP contribution is -2.38. The molecule has 0 atom stereocenters. The summed E-state index contributed by atoms with van der Waals surface area (Å²) in [5, 5.41) is 11.2. The van der Waals surface area contributed by atoms with Crippen molar-refractivity contribution in [2.45, 2.75) is 13.8 Å². The van der Waals surface area contributed by atoms with Gasteiger partial charge in [-0.3, -0.25) is 15.1 Å². The van der Waals surface area contributed by atoms with Crippen molar-refractivity contribution in [2.24, 2.45) is 4.99 Å². The summed E-state index contributed by atoms with van der Waals surface area (Å²) in [5.74, 6) is 1.60. The Bertz CT molecular complexity index is 1470. The van der Waals surface area contributed by atoms with Gasteiger partial charge in [-0.25, -0.2) is 0 Å². The fourth-order valence-corrected chi connectivity index (χ4v) is 5.19. The molecule has 8 heteroatoms. The van der Waals surface area contributed by atoms with Crippen molar-refractivity contribution >= 4 is 40.4 Å². The number of carbonyl (C=O) groups is 1. The van der Waals surface area contributed by atoms with Crippen LogP contribution in [0.4, 0.5) is 0 Å². The Morgan fingerprint density at radius 3 is 2.42 bits per heavy atom. The number of carbonyl (C=O) groups excluding carboxylic acids is 1. The average molecular weight is 526 g/mol. The molecule has 0 radical (unpaired) electrons. The molecule has 0 fully saturated rings. The number of aliphatic imine (C=N–C) groups is 1. The predicted molar refractivity (Wildman–Crippen MR) is 152 cm³/mol. The molecule has 0 saturated carbocycles. The second-order valence-electron chi connectivity index (χ2n) is 8.76. The average Bonchev–Trinajstić information content (AvgIpc) is 3.35. The van der Waals surface area contributed by atoms with Gasteiger partial charge in [0.15, 0.2) is 16.7 Å². The number of fused-ring (bicyclic) bond motifs is 1. The van der Waals surface area contributed by atoms with Crippen molar-refractivity contribution in [1.82, 2.24) is 4.90 Å². The molecule has 3 aromatic carbocycles. The van der Waals surface area contributed by atoms with Crippen LogP contribution in [0.3, 0.4) is 0 Å². The monoisotopic (exact) mass is 525 g/mol. The molecule has 2 aliphatic heterocycles. The molecule has 1 amide bonds. The van der Waals surface area contributed by atoms with Crippen LogP contribution in [-0.4, -0.2) is 42.1 Å². The molecule has 0 unspecified atom stereocenters. The Labute approximate surface area is 225 Å². The van der Waals surface area contributed by atoms with Crippen molar-refractivity contribution in [1.29, 1.82) is 5.41 Å². The predicted octanol–water partition coefficient (Wildman–Crippen LogP) is 6.07. The van der Waals surface area contributed by atoms with Crippen molar-refractivity contribution in [3.05, 3.63) is 100.0 Å². The van der Waals surface area contributed by atoms with Gasteiger partial charge in [-0.05, 0) is 54.3 Å². The van der Waals surface area contributed by atoms with Crippen LogP contribution >= 0.6 is 11.8 Å². The molecule has 0 bridgehead atoms. The van der Waals surface area contributed by atoms with Crippen LogP contribution in [0.5, 0.6) is 17.2 Å². The quantitative estimate of drug-likeness (QED) is 0.284. The van der Waals surface area contributed by atoms with E-state index in [1.807, 2.05) is 73.9 Å². The number of aryl methyl sites for hydroxylation is 2. The molecule has 2 aliphatic rings. The summed E-state index contributed by atoms with van der Waals surface area (Å²) in [6.45, 7) is 4.76. The molecular formula is C30H27N3O4S. The highest BCUT2D eigenvalue weighted by Gasteiger charge is 2.36. The maximum Gasteiger partial charge on any atom is 0.283 e. The number of hydrogen-bond acceptors (Lipinski definition) is 6. The molecule has 2 heterocycles. The van der Waals surface area contributed by atoms with Gasteiger partial charge in [0, 0.05) is 5.41 Å². The fourth-order valence-electron chi connectivity index (χ4n) is 4.30. The van der Waals surface area contributed by atoms with E-state index in [0.29, 0.717) is 35.4 Å². The molecule has 0 aromatic heterocycles. The number of hydrogen-bond donors (Lipinski definition) is 1. The molecule has 0 spiro atoms. The van der Waals surface area contributed by atoms with E-state index in [1.165, 1.54) is 11.8 Å². The summed E-state index contributed by atoms with van der Waals surface area (Å²) in [5.41, 5.74) is 4.84. The van der Waals surface area contributed by atoms with Crippen LogP contribution < -0.4 is 14.2 Å². The SMILES string of the molecule is COc1cc(C=C2C(=N)N3C(c4ccccc4)=CSC3=NC2=O)ccc1OCCOc1c(C)cccc1C. The molecule has 3 aromatic rings. The number of nitrogens with one attached hydrogen (secondary N) is 1. The normalized spacial score (nSPS) is 15.8. The smallest absolute Gasteiger partial charge is 0.283 e. The number of amides is 1. The van der Waals surface area contributed by atoms with Gasteiger partial charge in [-0.1, -0.05) is 66.4 Å². The van der Waals surface area contributed by atoms with E-state index >= 15 is 0 Å². The third-order valence-corrected chi connectivity index (χ3v) is 7.00. The molecule has 192 valence electrons. The largest absolute Gasteiger partial charge is 0.493 e. The highest BCUT2D eigenvalue weighted by molar-refractivity contribution is 8.17. The van der Waals surface area contributed by atoms with E-state index in [2.05, 4.69) is 4.99 Å². The highest BCUT2D eigenvalue weighted by atomic mass is 32.2. The zero-order chi connectivity index (χ0) is 26.6. The molecule has 38 heavy (non-hydrogen) atoms. The van der Waals surface area contributed by atoms with Crippen molar-refractivity contribution in [3.63, 3.8) is 0 Å². The number of nitrogens with zero attached hydrogens (tertiary/aromatic N) is 2. The topological polar surface area (TPSA) is 84.2 Å². The molecular weight excluding hydrogens is 498 g/mol. The zero-order valence-corrected chi connectivity index (χ0v) is 22.2. The van der Waals surface area contributed by atoms with E-state index in [4.69, 9.17) is 19.6 Å². The van der Waals surface area contributed by atoms with Gasteiger partial charge < -0.3 is 14.2 Å². The Hall–Kier alpha value is -4.30. The van der Waals surface area contributed by atoms with E-state index in [9.17, 15) is 4.79 Å². The van der Waals surface area contributed by atoms with Crippen LogP contribution in [-0.2, 0) is 4.79 Å². The first kappa shape index (κ1) is 25.4. The minimum atomic E-state index is -0.445. The van der Waals surface area contributed by atoms with Gasteiger partial charge >= 0.3 is 0 Å². The van der Waals surface area contributed by atoms with Crippen molar-refractivity contribution < 1.29 is 19.0 Å². The van der Waals surface area contributed by atoms with Crippen LogP contribution in [0.2, 0.25) is 0 Å². The second kappa shape index (κ2) is 11.0. The lowest BCUT2D eigenvalue weighted by Gasteiger charge is -2.27. The summed E-state index contributed by atoms with van der Waals surface area (Å²) in [7, 11) is 1.56. The number of para-hydroxylation sites is 1. The van der Waals surface area contributed by atoms with Crippen molar-refractivity contribution in [3.8, 4) is 17.2 Å². The van der Waals surface area contributed by atoms with E-state index < -0.39 is 5.91 Å². The second-order valence-corrected chi connectivity index (χ2v) is 9.59. The molecule has 0 saturated heterocycles. The van der Waals surface area contributed by atoms with Crippen LogP contribution in [0.15, 0.2) is 82.7 Å². The zero-order valence-electron chi connectivity index (χ0n) is 21.4. The number of thioether (sulfide) groups is 1. The third kappa shape index (κ3) is 5.08. The minimum absolute atomic E-state index is 0.0862. The Morgan fingerprint density at radius 2 is 1.68 bits per heavy atom. The maximum atomic E-state index is 12.8. The first-order chi connectivity index (χ1) is 18.5. The first-order valence-electron chi connectivity index (χ1n) is 12.1. The fraction of sp³-hybridized carbons (Fsp3) is 0.167. The lowest BCUT2D eigenvalue weighted by molar-refractivity contribution is -0.114. The van der Waals surface area contributed by atoms with E-state index in [0.717, 1.165) is 28.1 Å². The van der Waals surface area contributed by atoms with E-state index in [-0.39, 0.29) is 11.4 Å². The van der Waals surface area contributed by atoms with Crippen LogP contribution in [0.25, 0.3) is 11.8 Å². The van der Waals surface area contributed by atoms with Gasteiger partial charge in [0.2, 0.25) is 0 Å². The maximum absolute atomic E-state index is 12.8. The summed E-state index contributed by atoms with van der Waals surface area (Å²) >= 11 is 1.34. The molecule has 0 aliphatic carbocycles. The number of amidine groups is 2. The number of methoxy groups -OCH3 is 1. The minimum Gasteiger partial charge on any atom is -0.493 e. The first-order valence-corrected chi connectivity index (χ1v) is 13.0. The van der Waals surface area contributed by atoms with E-state index in [1.54, 1.807) is 30.2 Å². The Morgan fingerprint density at radius 1 is 0.947 bits per heavy atom. The van der Waals surface area contributed by atoms with Crippen molar-refractivity contribution in [2.75, 3.05) is 20.3 Å². The van der Waals surface area contributed by atoms with Crippen LogP contribution in [0.1, 0.15) is 22.3 Å². The standard InChI is InChI=1S/C30H27N3O4S/c1-19-8-7-9-20(2)27(19)37-15-14-36-25-13-12-21(17-26(25)35-3)16-23-28(31)33-24(22-10-5-4-6-11-22)18-38-30(33)32-29(23)34/h4-13,16-18,31H,14-15H2,1-3H3. The van der Waals surface area contributed by atoms with Gasteiger partial charge in [0.25, 0.3) is 5.91 Å². The highest BCUT2D eigenvalue weighted by Crippen LogP contribution is 2.37. The number of ether oxygens (including phenoxy) is 3. The van der Waals surface area contributed by atoms with Crippen LogP contribution in [0, 0.1) is 19.3 Å². The summed E-state index contributed by atoms with van der Waals surface area (Å²) in [6.07, 6.45) is 1.66. The van der Waals surface area contributed by atoms with Gasteiger partial charge in [0.05, 0.1) is 18.4 Å². The Balaban J connectivity index is 1.31. The third-order valence-electron chi connectivity index (χ3n) is 6.18. The molecule has 1 N–H and O–H groups in total.